The largest absolute Gasteiger partial charge is 0.365 e. The van der Waals surface area contributed by atoms with Gasteiger partial charge in [-0.25, -0.2) is 4.98 Å². The lowest BCUT2D eigenvalue weighted by molar-refractivity contribution is 0.1000. The van der Waals surface area contributed by atoms with Gasteiger partial charge in [0.15, 0.2) is 0 Å². The van der Waals surface area contributed by atoms with Crippen molar-refractivity contribution < 1.29 is 4.79 Å². The zero-order valence-corrected chi connectivity index (χ0v) is 12.5. The Morgan fingerprint density at radius 1 is 1.19 bits per heavy atom. The average molecular weight is 284 g/mol. The molecule has 1 aromatic carbocycles. The number of para-hydroxylation sites is 1. The maximum atomic E-state index is 11.9. The fourth-order valence-electron chi connectivity index (χ4n) is 2.90. The van der Waals surface area contributed by atoms with Crippen LogP contribution in [0.1, 0.15) is 15.9 Å². The number of fused-ring (bicyclic) bond motifs is 1. The summed E-state index contributed by atoms with van der Waals surface area (Å²) < 4.78 is 0. The first-order chi connectivity index (χ1) is 10.1. The van der Waals surface area contributed by atoms with Crippen molar-refractivity contribution in [3.05, 3.63) is 35.4 Å². The Morgan fingerprint density at radius 2 is 1.86 bits per heavy atom. The molecule has 0 saturated carbocycles. The van der Waals surface area contributed by atoms with Gasteiger partial charge in [-0.2, -0.15) is 0 Å². The van der Waals surface area contributed by atoms with Crippen LogP contribution in [0.3, 0.4) is 0 Å². The molecule has 0 aliphatic carbocycles. The summed E-state index contributed by atoms with van der Waals surface area (Å²) >= 11 is 0. The normalized spacial score (nSPS) is 16.4. The van der Waals surface area contributed by atoms with E-state index in [0.29, 0.717) is 5.56 Å². The highest BCUT2D eigenvalue weighted by molar-refractivity contribution is 6.04. The molecule has 0 atom stereocenters. The Kier molecular flexibility index (Phi) is 3.51. The first kappa shape index (κ1) is 13.8. The van der Waals surface area contributed by atoms with Crippen LogP contribution in [0.25, 0.3) is 10.9 Å². The van der Waals surface area contributed by atoms with Crippen LogP contribution in [-0.2, 0) is 0 Å². The summed E-state index contributed by atoms with van der Waals surface area (Å²) in [4.78, 5) is 21.1. The molecule has 1 fully saturated rings. The van der Waals surface area contributed by atoms with Gasteiger partial charge in [-0.1, -0.05) is 18.2 Å². The Hall–Kier alpha value is -2.14. The number of rotatable bonds is 2. The Balaban J connectivity index is 2.16. The molecular formula is C16H20N4O. The third-order valence-electron chi connectivity index (χ3n) is 4.18. The molecule has 5 heteroatoms. The zero-order valence-electron chi connectivity index (χ0n) is 12.5. The van der Waals surface area contributed by atoms with E-state index >= 15 is 0 Å². The topological polar surface area (TPSA) is 62.5 Å². The maximum Gasteiger partial charge on any atom is 0.252 e. The highest BCUT2D eigenvalue weighted by Gasteiger charge is 2.23. The van der Waals surface area contributed by atoms with Gasteiger partial charge < -0.3 is 15.5 Å². The molecule has 5 nitrogen and oxygen atoms in total. The van der Waals surface area contributed by atoms with E-state index in [1.165, 1.54) is 0 Å². The lowest BCUT2D eigenvalue weighted by Gasteiger charge is -2.34. The van der Waals surface area contributed by atoms with Crippen LogP contribution < -0.4 is 10.6 Å². The van der Waals surface area contributed by atoms with E-state index < -0.39 is 5.91 Å². The van der Waals surface area contributed by atoms with Gasteiger partial charge in [0.1, 0.15) is 5.82 Å². The third kappa shape index (κ3) is 2.45. The van der Waals surface area contributed by atoms with Crippen molar-refractivity contribution in [2.45, 2.75) is 6.92 Å². The Labute approximate surface area is 124 Å². The van der Waals surface area contributed by atoms with Crippen molar-refractivity contribution in [2.24, 2.45) is 5.73 Å². The summed E-state index contributed by atoms with van der Waals surface area (Å²) in [5.41, 5.74) is 8.01. The summed E-state index contributed by atoms with van der Waals surface area (Å²) in [6.45, 7) is 5.60. The van der Waals surface area contributed by atoms with Gasteiger partial charge in [-0.3, -0.25) is 4.79 Å². The smallest absolute Gasteiger partial charge is 0.252 e. The van der Waals surface area contributed by atoms with Crippen molar-refractivity contribution in [1.82, 2.24) is 9.88 Å². The van der Waals surface area contributed by atoms with Gasteiger partial charge >= 0.3 is 0 Å². The van der Waals surface area contributed by atoms with Crippen molar-refractivity contribution in [2.75, 3.05) is 38.1 Å². The van der Waals surface area contributed by atoms with Gasteiger partial charge in [-0.05, 0) is 25.6 Å². The van der Waals surface area contributed by atoms with Crippen LogP contribution in [0.15, 0.2) is 24.3 Å². The third-order valence-corrected chi connectivity index (χ3v) is 4.18. The van der Waals surface area contributed by atoms with E-state index in [1.54, 1.807) is 0 Å². The number of nitrogens with zero attached hydrogens (tertiary/aromatic N) is 3. The predicted molar refractivity (Wildman–Crippen MR) is 84.7 cm³/mol. The number of primary amides is 1. The number of amides is 1. The van der Waals surface area contributed by atoms with Gasteiger partial charge in [-0.15, -0.1) is 0 Å². The van der Waals surface area contributed by atoms with E-state index in [1.807, 2.05) is 31.2 Å². The zero-order chi connectivity index (χ0) is 15.0. The number of aryl methyl sites for hydroxylation is 1. The van der Waals surface area contributed by atoms with E-state index in [4.69, 9.17) is 10.7 Å². The Bertz CT molecular complexity index is 690. The molecule has 0 spiro atoms. The summed E-state index contributed by atoms with van der Waals surface area (Å²) in [5, 5.41) is 0.990. The van der Waals surface area contributed by atoms with Crippen molar-refractivity contribution in [3.8, 4) is 0 Å². The standard InChI is InChI=1S/C16H20N4O/c1-11-12-5-3-4-6-13(12)18-16(14(11)15(17)21)20-9-7-19(2)8-10-20/h3-6H,7-10H2,1-2H3,(H2,17,21). The average Bonchev–Trinajstić information content (AvgIpc) is 2.47. The second-order valence-electron chi connectivity index (χ2n) is 5.61. The predicted octanol–water partition coefficient (Wildman–Crippen LogP) is 1.39. The number of piperazine rings is 1. The van der Waals surface area contributed by atoms with Gasteiger partial charge in [0.25, 0.3) is 5.91 Å². The number of nitrogens with two attached hydrogens (primary N) is 1. The molecule has 1 amide bonds. The number of pyridine rings is 1. The van der Waals surface area contributed by atoms with E-state index in [-0.39, 0.29) is 0 Å². The van der Waals surface area contributed by atoms with Crippen LogP contribution in [0.4, 0.5) is 5.82 Å². The molecule has 1 aliphatic heterocycles. The van der Waals surface area contributed by atoms with Crippen LogP contribution in [0.5, 0.6) is 0 Å². The lowest BCUT2D eigenvalue weighted by atomic mass is 10.0. The van der Waals surface area contributed by atoms with Crippen molar-refractivity contribution >= 4 is 22.6 Å². The molecule has 1 saturated heterocycles. The van der Waals surface area contributed by atoms with Crippen LogP contribution in [-0.4, -0.2) is 49.0 Å². The van der Waals surface area contributed by atoms with E-state index in [0.717, 1.165) is 48.5 Å². The molecular weight excluding hydrogens is 264 g/mol. The van der Waals surface area contributed by atoms with E-state index in [2.05, 4.69) is 16.8 Å². The van der Waals surface area contributed by atoms with E-state index in [9.17, 15) is 4.79 Å². The molecule has 2 N–H and O–H groups in total. The minimum absolute atomic E-state index is 0.403. The highest BCUT2D eigenvalue weighted by Crippen LogP contribution is 2.28. The molecule has 0 radical (unpaired) electrons. The van der Waals surface area contributed by atoms with Gasteiger partial charge in [0, 0.05) is 31.6 Å². The van der Waals surface area contributed by atoms with Crippen LogP contribution in [0, 0.1) is 6.92 Å². The molecule has 2 aromatic rings. The maximum absolute atomic E-state index is 11.9. The SMILES string of the molecule is Cc1c(C(N)=O)c(N2CCN(C)CC2)nc2ccccc12. The summed E-state index contributed by atoms with van der Waals surface area (Å²) in [7, 11) is 2.10. The van der Waals surface area contributed by atoms with Crippen LogP contribution in [0.2, 0.25) is 0 Å². The van der Waals surface area contributed by atoms with Crippen LogP contribution >= 0.6 is 0 Å². The molecule has 1 aromatic heterocycles. The summed E-state index contributed by atoms with van der Waals surface area (Å²) in [5.74, 6) is 0.325. The molecule has 21 heavy (non-hydrogen) atoms. The quantitative estimate of drug-likeness (QED) is 0.905. The molecule has 2 heterocycles. The fraction of sp³-hybridized carbons (Fsp3) is 0.375. The number of benzene rings is 1. The van der Waals surface area contributed by atoms with Gasteiger partial charge in [0.05, 0.1) is 11.1 Å². The fourth-order valence-corrected chi connectivity index (χ4v) is 2.90. The monoisotopic (exact) mass is 284 g/mol. The molecule has 0 bridgehead atoms. The number of hydrogen-bond acceptors (Lipinski definition) is 4. The number of likely N-dealkylation sites (N-methyl/N-ethyl adjacent to an activating group) is 1. The number of hydrogen-bond donors (Lipinski definition) is 1. The number of anilines is 1. The first-order valence-electron chi connectivity index (χ1n) is 7.20. The number of aromatic nitrogens is 1. The minimum Gasteiger partial charge on any atom is -0.365 e. The van der Waals surface area contributed by atoms with Crippen molar-refractivity contribution in [1.29, 1.82) is 0 Å². The minimum atomic E-state index is -0.403. The molecule has 110 valence electrons. The number of carbonyl (C=O) groups excluding carboxylic acids is 1. The van der Waals surface area contributed by atoms with Gasteiger partial charge in [0.2, 0.25) is 0 Å². The summed E-state index contributed by atoms with van der Waals surface area (Å²) in [6.07, 6.45) is 0. The molecule has 1 aliphatic rings. The first-order valence-corrected chi connectivity index (χ1v) is 7.20. The van der Waals surface area contributed by atoms with Crippen molar-refractivity contribution in [3.63, 3.8) is 0 Å². The Morgan fingerprint density at radius 3 is 2.52 bits per heavy atom. The highest BCUT2D eigenvalue weighted by atomic mass is 16.1. The second-order valence-corrected chi connectivity index (χ2v) is 5.61. The lowest BCUT2D eigenvalue weighted by Crippen LogP contribution is -2.45. The summed E-state index contributed by atoms with van der Waals surface area (Å²) in [6, 6.07) is 7.88. The molecule has 3 rings (SSSR count). The molecule has 0 unspecified atom stereocenters. The second kappa shape index (κ2) is 5.33. The number of carbonyl (C=O) groups is 1.